The molecule has 0 aromatic heterocycles. The fourth-order valence-electron chi connectivity index (χ4n) is 2.15. The van der Waals surface area contributed by atoms with Crippen LogP contribution in [0.4, 0.5) is 11.4 Å². The molecule has 0 aliphatic carbocycles. The standard InChI is InChI=1S/C16H13ClN2O3/c1-9-2-4-11(17)7-12(9)19-16(21)10-3-5-14-13(6-10)18-15(20)8-22-14/h2-7H,8H2,1H3,(H,18,20)(H,19,21). The summed E-state index contributed by atoms with van der Waals surface area (Å²) in [5.41, 5.74) is 2.47. The Kier molecular flexibility index (Phi) is 3.73. The van der Waals surface area contributed by atoms with Crippen LogP contribution in [0.5, 0.6) is 5.75 Å². The molecule has 0 atom stereocenters. The molecular weight excluding hydrogens is 304 g/mol. The second-order valence-electron chi connectivity index (χ2n) is 4.96. The highest BCUT2D eigenvalue weighted by Gasteiger charge is 2.18. The molecule has 2 N–H and O–H groups in total. The molecule has 0 fully saturated rings. The van der Waals surface area contributed by atoms with Gasteiger partial charge in [-0.1, -0.05) is 17.7 Å². The molecule has 1 heterocycles. The zero-order valence-corrected chi connectivity index (χ0v) is 12.5. The number of ether oxygens (including phenoxy) is 1. The monoisotopic (exact) mass is 316 g/mol. The lowest BCUT2D eigenvalue weighted by Crippen LogP contribution is -2.25. The Balaban J connectivity index is 1.85. The van der Waals surface area contributed by atoms with Crippen LogP contribution in [0.25, 0.3) is 0 Å². The summed E-state index contributed by atoms with van der Waals surface area (Å²) in [4.78, 5) is 23.7. The lowest BCUT2D eigenvalue weighted by molar-refractivity contribution is -0.118. The number of anilines is 2. The van der Waals surface area contributed by atoms with Crippen LogP contribution in [-0.2, 0) is 4.79 Å². The number of carbonyl (C=O) groups is 2. The molecule has 22 heavy (non-hydrogen) atoms. The summed E-state index contributed by atoms with van der Waals surface area (Å²) in [5.74, 6) is 0.0267. The molecule has 2 amide bonds. The zero-order chi connectivity index (χ0) is 15.7. The lowest BCUT2D eigenvalue weighted by atomic mass is 10.1. The normalized spacial score (nSPS) is 12.9. The predicted molar refractivity (Wildman–Crippen MR) is 84.7 cm³/mol. The van der Waals surface area contributed by atoms with E-state index in [1.165, 1.54) is 0 Å². The maximum atomic E-state index is 12.3. The highest BCUT2D eigenvalue weighted by molar-refractivity contribution is 6.31. The maximum absolute atomic E-state index is 12.3. The van der Waals surface area contributed by atoms with Crippen molar-refractivity contribution in [3.05, 3.63) is 52.5 Å². The van der Waals surface area contributed by atoms with E-state index in [1.54, 1.807) is 30.3 Å². The summed E-state index contributed by atoms with van der Waals surface area (Å²) in [5, 5.41) is 6.03. The number of hydrogen-bond donors (Lipinski definition) is 2. The van der Waals surface area contributed by atoms with E-state index < -0.39 is 0 Å². The van der Waals surface area contributed by atoms with Crippen molar-refractivity contribution in [3.8, 4) is 5.75 Å². The Bertz CT molecular complexity index is 774. The van der Waals surface area contributed by atoms with Gasteiger partial charge in [-0.15, -0.1) is 0 Å². The van der Waals surface area contributed by atoms with Crippen LogP contribution in [0.15, 0.2) is 36.4 Å². The van der Waals surface area contributed by atoms with E-state index in [9.17, 15) is 9.59 Å². The number of hydrogen-bond acceptors (Lipinski definition) is 3. The van der Waals surface area contributed by atoms with E-state index in [0.717, 1.165) is 5.56 Å². The largest absolute Gasteiger partial charge is 0.482 e. The average Bonchev–Trinajstić information content (AvgIpc) is 2.50. The average molecular weight is 317 g/mol. The van der Waals surface area contributed by atoms with Crippen LogP contribution in [0, 0.1) is 6.92 Å². The lowest BCUT2D eigenvalue weighted by Gasteiger charge is -2.18. The fraction of sp³-hybridized carbons (Fsp3) is 0.125. The second kappa shape index (κ2) is 5.69. The van der Waals surface area contributed by atoms with Gasteiger partial charge in [0.05, 0.1) is 5.69 Å². The molecule has 0 saturated heterocycles. The van der Waals surface area contributed by atoms with Crippen LogP contribution < -0.4 is 15.4 Å². The van der Waals surface area contributed by atoms with E-state index in [-0.39, 0.29) is 18.4 Å². The topological polar surface area (TPSA) is 67.4 Å². The molecule has 2 aromatic carbocycles. The summed E-state index contributed by atoms with van der Waals surface area (Å²) in [7, 11) is 0. The minimum absolute atomic E-state index is 0.0136. The molecule has 3 rings (SSSR count). The van der Waals surface area contributed by atoms with E-state index in [2.05, 4.69) is 10.6 Å². The molecular formula is C16H13ClN2O3. The van der Waals surface area contributed by atoms with Crippen LogP contribution in [0.1, 0.15) is 15.9 Å². The van der Waals surface area contributed by atoms with Crippen molar-refractivity contribution in [2.45, 2.75) is 6.92 Å². The van der Waals surface area contributed by atoms with E-state index in [4.69, 9.17) is 16.3 Å². The minimum atomic E-state index is -0.284. The van der Waals surface area contributed by atoms with Crippen molar-refractivity contribution in [1.82, 2.24) is 0 Å². The summed E-state index contributed by atoms with van der Waals surface area (Å²) >= 11 is 5.94. The van der Waals surface area contributed by atoms with Crippen molar-refractivity contribution >= 4 is 34.8 Å². The van der Waals surface area contributed by atoms with Gasteiger partial charge >= 0.3 is 0 Å². The van der Waals surface area contributed by atoms with Gasteiger partial charge in [0.1, 0.15) is 5.75 Å². The van der Waals surface area contributed by atoms with Gasteiger partial charge in [0.25, 0.3) is 11.8 Å². The van der Waals surface area contributed by atoms with Crippen LogP contribution in [-0.4, -0.2) is 18.4 Å². The molecule has 1 aliphatic rings. The van der Waals surface area contributed by atoms with E-state index in [1.807, 2.05) is 13.0 Å². The van der Waals surface area contributed by atoms with Gasteiger partial charge in [0.15, 0.2) is 6.61 Å². The number of carbonyl (C=O) groups excluding carboxylic acids is 2. The van der Waals surface area contributed by atoms with Crippen LogP contribution in [0.3, 0.4) is 0 Å². The highest BCUT2D eigenvalue weighted by Crippen LogP contribution is 2.29. The van der Waals surface area contributed by atoms with Gasteiger partial charge in [0, 0.05) is 16.3 Å². The van der Waals surface area contributed by atoms with Gasteiger partial charge in [-0.05, 0) is 42.8 Å². The second-order valence-corrected chi connectivity index (χ2v) is 5.40. The van der Waals surface area contributed by atoms with Gasteiger partial charge in [-0.25, -0.2) is 0 Å². The molecule has 0 saturated carbocycles. The Hall–Kier alpha value is -2.53. The molecule has 1 aliphatic heterocycles. The number of fused-ring (bicyclic) bond motifs is 1. The Morgan fingerprint density at radius 1 is 1.27 bits per heavy atom. The summed E-state index contributed by atoms with van der Waals surface area (Å²) in [6, 6.07) is 10.2. The third-order valence-electron chi connectivity index (χ3n) is 3.32. The first-order chi connectivity index (χ1) is 10.5. The number of aryl methyl sites for hydroxylation is 1. The molecule has 0 radical (unpaired) electrons. The Morgan fingerprint density at radius 2 is 2.09 bits per heavy atom. The molecule has 0 spiro atoms. The van der Waals surface area contributed by atoms with Gasteiger partial charge in [0.2, 0.25) is 0 Å². The predicted octanol–water partition coefficient (Wildman–Crippen LogP) is 3.23. The molecule has 6 heteroatoms. The number of benzene rings is 2. The van der Waals surface area contributed by atoms with Crippen LogP contribution >= 0.6 is 11.6 Å². The van der Waals surface area contributed by atoms with Gasteiger partial charge in [-0.3, -0.25) is 9.59 Å². The minimum Gasteiger partial charge on any atom is -0.482 e. The Morgan fingerprint density at radius 3 is 2.91 bits per heavy atom. The molecule has 5 nitrogen and oxygen atoms in total. The van der Waals surface area contributed by atoms with Gasteiger partial charge in [-0.2, -0.15) is 0 Å². The maximum Gasteiger partial charge on any atom is 0.262 e. The number of nitrogens with one attached hydrogen (secondary N) is 2. The summed E-state index contributed by atoms with van der Waals surface area (Å²) in [6.07, 6.45) is 0. The quantitative estimate of drug-likeness (QED) is 0.894. The van der Waals surface area contributed by atoms with E-state index in [0.29, 0.717) is 27.7 Å². The molecule has 112 valence electrons. The fourth-order valence-corrected chi connectivity index (χ4v) is 2.32. The van der Waals surface area contributed by atoms with Crippen molar-refractivity contribution in [1.29, 1.82) is 0 Å². The van der Waals surface area contributed by atoms with Crippen molar-refractivity contribution in [2.24, 2.45) is 0 Å². The third-order valence-corrected chi connectivity index (χ3v) is 3.56. The highest BCUT2D eigenvalue weighted by atomic mass is 35.5. The van der Waals surface area contributed by atoms with Gasteiger partial charge < -0.3 is 15.4 Å². The SMILES string of the molecule is Cc1ccc(Cl)cc1NC(=O)c1ccc2c(c1)NC(=O)CO2. The third kappa shape index (κ3) is 2.89. The number of amides is 2. The summed E-state index contributed by atoms with van der Waals surface area (Å²) in [6.45, 7) is 1.87. The molecule has 0 unspecified atom stereocenters. The first-order valence-electron chi connectivity index (χ1n) is 6.67. The molecule has 0 bridgehead atoms. The van der Waals surface area contributed by atoms with Crippen molar-refractivity contribution in [3.63, 3.8) is 0 Å². The zero-order valence-electron chi connectivity index (χ0n) is 11.8. The molecule has 2 aromatic rings. The first kappa shape index (κ1) is 14.4. The Labute approximate surface area is 132 Å². The van der Waals surface area contributed by atoms with Crippen LogP contribution in [0.2, 0.25) is 5.02 Å². The van der Waals surface area contributed by atoms with Crippen molar-refractivity contribution < 1.29 is 14.3 Å². The van der Waals surface area contributed by atoms with Crippen molar-refractivity contribution in [2.75, 3.05) is 17.2 Å². The number of halogens is 1. The first-order valence-corrected chi connectivity index (χ1v) is 7.05. The van der Waals surface area contributed by atoms with E-state index >= 15 is 0 Å². The summed E-state index contributed by atoms with van der Waals surface area (Å²) < 4.78 is 5.26. The smallest absolute Gasteiger partial charge is 0.262 e. The number of rotatable bonds is 2.